The van der Waals surface area contributed by atoms with Crippen molar-refractivity contribution >= 4 is 17.8 Å². The van der Waals surface area contributed by atoms with E-state index < -0.39 is 49.2 Å². The number of esters is 1. The molecule has 35 heavy (non-hydrogen) atoms. The third-order valence-corrected chi connectivity index (χ3v) is 4.85. The van der Waals surface area contributed by atoms with Crippen molar-refractivity contribution in [3.8, 4) is 11.3 Å². The van der Waals surface area contributed by atoms with Crippen LogP contribution >= 0.6 is 0 Å². The van der Waals surface area contributed by atoms with Gasteiger partial charge in [0, 0.05) is 11.8 Å². The van der Waals surface area contributed by atoms with E-state index in [1.807, 2.05) is 32.0 Å². The normalized spacial score (nSPS) is 13.1. The van der Waals surface area contributed by atoms with Gasteiger partial charge in [-0.15, -0.1) is 0 Å². The first-order valence-corrected chi connectivity index (χ1v) is 11.0. The van der Waals surface area contributed by atoms with Crippen LogP contribution in [-0.2, 0) is 25.5 Å². The van der Waals surface area contributed by atoms with Gasteiger partial charge in [0.2, 0.25) is 11.8 Å². The van der Waals surface area contributed by atoms with Crippen molar-refractivity contribution in [1.82, 2.24) is 15.6 Å². The van der Waals surface area contributed by atoms with Crippen molar-refractivity contribution in [3.63, 3.8) is 0 Å². The van der Waals surface area contributed by atoms with Crippen LogP contribution in [0.2, 0.25) is 0 Å². The molecule has 2 aromatic rings. The number of pyridine rings is 1. The van der Waals surface area contributed by atoms with Gasteiger partial charge in [-0.2, -0.15) is 13.2 Å². The van der Waals surface area contributed by atoms with Crippen molar-refractivity contribution in [2.24, 2.45) is 11.7 Å². The quantitative estimate of drug-likeness (QED) is 0.412. The van der Waals surface area contributed by atoms with E-state index >= 15 is 0 Å². The largest absolute Gasteiger partial charge is 0.490 e. The molecule has 8 nitrogen and oxygen atoms in total. The Balaban J connectivity index is 1.98. The van der Waals surface area contributed by atoms with Crippen molar-refractivity contribution in [2.75, 3.05) is 13.1 Å². The lowest BCUT2D eigenvalue weighted by molar-refractivity contribution is -0.204. The van der Waals surface area contributed by atoms with E-state index in [4.69, 9.17) is 5.73 Å². The van der Waals surface area contributed by atoms with Crippen molar-refractivity contribution in [2.45, 2.75) is 45.0 Å². The molecule has 1 heterocycles. The summed E-state index contributed by atoms with van der Waals surface area (Å²) in [6, 6.07) is 11.7. The Labute approximate surface area is 201 Å². The van der Waals surface area contributed by atoms with Gasteiger partial charge in [-0.1, -0.05) is 38.1 Å². The average Bonchev–Trinajstić information content (AvgIpc) is 2.80. The number of nitrogens with zero attached hydrogens (tertiary/aromatic N) is 1. The summed E-state index contributed by atoms with van der Waals surface area (Å²) in [5, 5.41) is 4.83. The second-order valence-electron chi connectivity index (χ2n) is 8.40. The number of aromatic nitrogens is 1. The van der Waals surface area contributed by atoms with Crippen LogP contribution in [-0.4, -0.2) is 54.2 Å². The summed E-state index contributed by atoms with van der Waals surface area (Å²) in [4.78, 5) is 40.1. The summed E-state index contributed by atoms with van der Waals surface area (Å²) in [5.41, 5.74) is 7.94. The zero-order chi connectivity index (χ0) is 26.0. The minimum absolute atomic E-state index is 0.0633. The number of nitrogens with two attached hydrogens (primary N) is 1. The lowest BCUT2D eigenvalue weighted by atomic mass is 10.0. The van der Waals surface area contributed by atoms with Crippen molar-refractivity contribution in [3.05, 3.63) is 54.2 Å². The molecule has 0 bridgehead atoms. The van der Waals surface area contributed by atoms with Gasteiger partial charge >= 0.3 is 12.1 Å². The van der Waals surface area contributed by atoms with Crippen LogP contribution < -0.4 is 16.4 Å². The molecule has 0 radical (unpaired) electrons. The third-order valence-electron chi connectivity index (χ3n) is 4.85. The molecular weight excluding hydrogens is 465 g/mol. The summed E-state index contributed by atoms with van der Waals surface area (Å²) in [6.07, 6.45) is -4.71. The molecule has 0 aliphatic rings. The van der Waals surface area contributed by atoms with E-state index in [0.717, 1.165) is 11.3 Å². The number of halogens is 3. The summed E-state index contributed by atoms with van der Waals surface area (Å²) in [6.45, 7) is 2.85. The molecular formula is C24H29F3N4O4. The van der Waals surface area contributed by atoms with Crippen LogP contribution in [0.5, 0.6) is 0 Å². The van der Waals surface area contributed by atoms with E-state index in [1.54, 1.807) is 30.5 Å². The molecule has 0 aliphatic carbocycles. The van der Waals surface area contributed by atoms with Crippen LogP contribution in [0.25, 0.3) is 11.3 Å². The minimum Gasteiger partial charge on any atom is -0.452 e. The summed E-state index contributed by atoms with van der Waals surface area (Å²) >= 11 is 0. The Bertz CT molecular complexity index is 1000. The van der Waals surface area contributed by atoms with E-state index in [-0.39, 0.29) is 12.3 Å². The molecule has 1 unspecified atom stereocenters. The fourth-order valence-electron chi connectivity index (χ4n) is 3.18. The highest BCUT2D eigenvalue weighted by molar-refractivity contribution is 5.82. The second-order valence-corrected chi connectivity index (χ2v) is 8.40. The van der Waals surface area contributed by atoms with Gasteiger partial charge in [-0.25, -0.2) is 4.79 Å². The summed E-state index contributed by atoms with van der Waals surface area (Å²) in [7, 11) is 0. The fraction of sp³-hybridized carbons (Fsp3) is 0.417. The van der Waals surface area contributed by atoms with Gasteiger partial charge in [0.1, 0.15) is 6.10 Å². The number of carbonyl (C=O) groups excluding carboxylic acids is 3. The first-order valence-electron chi connectivity index (χ1n) is 11.0. The Morgan fingerprint density at radius 2 is 1.77 bits per heavy atom. The molecule has 1 aromatic heterocycles. The highest BCUT2D eigenvalue weighted by Crippen LogP contribution is 2.19. The molecule has 0 spiro atoms. The average molecular weight is 495 g/mol. The van der Waals surface area contributed by atoms with Crippen LogP contribution in [0.15, 0.2) is 48.7 Å². The van der Waals surface area contributed by atoms with Gasteiger partial charge < -0.3 is 21.1 Å². The molecule has 190 valence electrons. The standard InChI is InChI=1S/C24H29F3N4O4/c1-15(2)10-19(28)22(33)31-14-18(35-23(34)24(25,26)27)13-30-21(32)12-16-6-5-7-17(11-16)20-8-3-4-9-29-20/h3-9,11,15,18-19H,10,12-14,28H2,1-2H3,(H,30,32)(H,31,33)/t18?,19-/m0/s1. The Morgan fingerprint density at radius 3 is 2.40 bits per heavy atom. The highest BCUT2D eigenvalue weighted by atomic mass is 19.4. The highest BCUT2D eigenvalue weighted by Gasteiger charge is 2.42. The molecule has 11 heteroatoms. The molecule has 0 saturated heterocycles. The predicted octanol–water partition coefficient (Wildman–Crippen LogP) is 2.37. The maximum absolute atomic E-state index is 12.7. The van der Waals surface area contributed by atoms with Crippen molar-refractivity contribution in [1.29, 1.82) is 0 Å². The first kappa shape index (κ1) is 27.8. The van der Waals surface area contributed by atoms with E-state index in [1.165, 1.54) is 0 Å². The van der Waals surface area contributed by atoms with Crippen molar-refractivity contribution < 1.29 is 32.3 Å². The number of alkyl halides is 3. The smallest absolute Gasteiger partial charge is 0.452 e. The first-order chi connectivity index (χ1) is 16.5. The molecule has 0 aliphatic heterocycles. The zero-order valence-corrected chi connectivity index (χ0v) is 19.5. The van der Waals surface area contributed by atoms with Crippen LogP contribution in [0.3, 0.4) is 0 Å². The lowest BCUT2D eigenvalue weighted by Crippen LogP contribution is -2.48. The maximum Gasteiger partial charge on any atom is 0.490 e. The molecule has 0 saturated carbocycles. The molecule has 1 aromatic carbocycles. The van der Waals surface area contributed by atoms with Gasteiger partial charge in [-0.3, -0.25) is 14.6 Å². The van der Waals surface area contributed by atoms with E-state index in [9.17, 15) is 27.6 Å². The number of nitrogens with one attached hydrogen (secondary N) is 2. The SMILES string of the molecule is CC(C)C[C@H](N)C(=O)NCC(CNC(=O)Cc1cccc(-c2ccccn2)c1)OC(=O)C(F)(F)F. The van der Waals surface area contributed by atoms with Crippen LogP contribution in [0.1, 0.15) is 25.8 Å². The number of ether oxygens (including phenoxy) is 1. The number of amides is 2. The monoisotopic (exact) mass is 494 g/mol. The van der Waals surface area contributed by atoms with Crippen LogP contribution in [0, 0.1) is 5.92 Å². The van der Waals surface area contributed by atoms with E-state index in [0.29, 0.717) is 12.0 Å². The molecule has 0 fully saturated rings. The van der Waals surface area contributed by atoms with E-state index in [2.05, 4.69) is 20.4 Å². The molecule has 4 N–H and O–H groups in total. The number of benzene rings is 1. The number of carbonyl (C=O) groups is 3. The number of hydrogen-bond acceptors (Lipinski definition) is 6. The summed E-state index contributed by atoms with van der Waals surface area (Å²) in [5.74, 6) is -3.38. The molecule has 2 amide bonds. The Morgan fingerprint density at radius 1 is 1.06 bits per heavy atom. The number of rotatable bonds is 11. The lowest BCUT2D eigenvalue weighted by Gasteiger charge is -2.21. The third kappa shape index (κ3) is 9.73. The Kier molecular flexibility index (Phi) is 10.2. The zero-order valence-electron chi connectivity index (χ0n) is 19.5. The predicted molar refractivity (Wildman–Crippen MR) is 123 cm³/mol. The maximum atomic E-state index is 12.7. The van der Waals surface area contributed by atoms with Gasteiger partial charge in [0.15, 0.2) is 0 Å². The van der Waals surface area contributed by atoms with Gasteiger partial charge in [0.25, 0.3) is 0 Å². The van der Waals surface area contributed by atoms with Gasteiger partial charge in [-0.05, 0) is 36.1 Å². The summed E-state index contributed by atoms with van der Waals surface area (Å²) < 4.78 is 42.5. The molecule has 2 atom stereocenters. The second kappa shape index (κ2) is 12.8. The number of hydrogen-bond donors (Lipinski definition) is 3. The fourth-order valence-corrected chi connectivity index (χ4v) is 3.18. The van der Waals surface area contributed by atoms with Crippen LogP contribution in [0.4, 0.5) is 13.2 Å². The van der Waals surface area contributed by atoms with Gasteiger partial charge in [0.05, 0.1) is 31.2 Å². The topological polar surface area (TPSA) is 123 Å². The Hall–Kier alpha value is -3.47. The molecule has 2 rings (SSSR count). The minimum atomic E-state index is -5.22.